The van der Waals surface area contributed by atoms with Gasteiger partial charge in [-0.2, -0.15) is 0 Å². The molecule has 0 aliphatic carbocycles. The van der Waals surface area contributed by atoms with Gasteiger partial charge in [-0.25, -0.2) is 0 Å². The fourth-order valence-electron chi connectivity index (χ4n) is 2.74. The van der Waals surface area contributed by atoms with Gasteiger partial charge < -0.3 is 14.5 Å². The molecule has 3 rings (SSSR count). The Balaban J connectivity index is 1.60. The van der Waals surface area contributed by atoms with Gasteiger partial charge in [0.25, 0.3) is 5.22 Å². The molecule has 6 nitrogen and oxygen atoms in total. The number of nitrogens with zero attached hydrogens (tertiary/aromatic N) is 2. The van der Waals surface area contributed by atoms with Crippen LogP contribution >= 0.6 is 11.8 Å². The number of benzene rings is 2. The van der Waals surface area contributed by atoms with Crippen LogP contribution in [0.25, 0.3) is 11.5 Å². The number of aromatic nitrogens is 2. The molecule has 0 radical (unpaired) electrons. The first-order chi connectivity index (χ1) is 14.3. The van der Waals surface area contributed by atoms with Crippen molar-refractivity contribution in [3.8, 4) is 17.2 Å². The van der Waals surface area contributed by atoms with Crippen molar-refractivity contribution in [3.63, 3.8) is 0 Å². The van der Waals surface area contributed by atoms with Crippen LogP contribution < -0.4 is 10.1 Å². The molecular formula is C23H27N3O3S. The molecule has 0 saturated carbocycles. The number of thioether (sulfide) groups is 1. The number of nitrogens with one attached hydrogen (secondary N) is 1. The molecule has 1 atom stereocenters. The number of ether oxygens (including phenoxy) is 1. The summed E-state index contributed by atoms with van der Waals surface area (Å²) in [6.45, 7) is 10.8. The zero-order valence-electron chi connectivity index (χ0n) is 17.9. The SMILES string of the molecule is CCOc1ccc(NC(=O)[C@H](C)Sc2nnc(-c3ccc(C(C)(C)C)cc3)o2)cc1. The van der Waals surface area contributed by atoms with Crippen LogP contribution in [0.3, 0.4) is 0 Å². The van der Waals surface area contributed by atoms with Crippen LogP contribution in [0, 0.1) is 0 Å². The largest absolute Gasteiger partial charge is 0.494 e. The highest BCUT2D eigenvalue weighted by atomic mass is 32.2. The van der Waals surface area contributed by atoms with Crippen LogP contribution in [0.2, 0.25) is 0 Å². The quantitative estimate of drug-likeness (QED) is 0.500. The molecule has 2 aromatic carbocycles. The Kier molecular flexibility index (Phi) is 6.82. The van der Waals surface area contributed by atoms with Crippen molar-refractivity contribution in [2.24, 2.45) is 0 Å². The summed E-state index contributed by atoms with van der Waals surface area (Å²) in [6, 6.07) is 15.4. The van der Waals surface area contributed by atoms with Crippen molar-refractivity contribution >= 4 is 23.4 Å². The zero-order chi connectivity index (χ0) is 21.7. The van der Waals surface area contributed by atoms with Crippen LogP contribution in [0.5, 0.6) is 5.75 Å². The highest BCUT2D eigenvalue weighted by Gasteiger charge is 2.19. The number of carbonyl (C=O) groups is 1. The van der Waals surface area contributed by atoms with Crippen molar-refractivity contribution in [2.75, 3.05) is 11.9 Å². The Morgan fingerprint density at radius 1 is 1.10 bits per heavy atom. The maximum atomic E-state index is 12.5. The second-order valence-electron chi connectivity index (χ2n) is 7.91. The van der Waals surface area contributed by atoms with E-state index in [1.165, 1.54) is 17.3 Å². The minimum atomic E-state index is -0.395. The van der Waals surface area contributed by atoms with E-state index in [1.807, 2.05) is 43.3 Å². The maximum absolute atomic E-state index is 12.5. The molecule has 7 heteroatoms. The standard InChI is InChI=1S/C23H27N3O3S/c1-6-28-19-13-11-18(12-14-19)24-20(27)15(2)30-22-26-25-21(29-22)16-7-9-17(10-8-16)23(3,4)5/h7-15H,6H2,1-5H3,(H,24,27)/t15-/m0/s1. The average Bonchev–Trinajstić information content (AvgIpc) is 3.17. The Morgan fingerprint density at radius 2 is 1.77 bits per heavy atom. The Bertz CT molecular complexity index is 976. The fourth-order valence-corrected chi connectivity index (χ4v) is 3.42. The molecular weight excluding hydrogens is 398 g/mol. The average molecular weight is 426 g/mol. The first-order valence-electron chi connectivity index (χ1n) is 9.91. The molecule has 0 aliphatic rings. The highest BCUT2D eigenvalue weighted by molar-refractivity contribution is 8.00. The highest BCUT2D eigenvalue weighted by Crippen LogP contribution is 2.29. The van der Waals surface area contributed by atoms with Gasteiger partial charge in [0.2, 0.25) is 11.8 Å². The molecule has 0 unspecified atom stereocenters. The Labute approximate surface area is 181 Å². The normalized spacial score (nSPS) is 12.4. The second-order valence-corrected chi connectivity index (χ2v) is 9.20. The molecule has 0 fully saturated rings. The summed E-state index contributed by atoms with van der Waals surface area (Å²) >= 11 is 1.23. The van der Waals surface area contributed by atoms with E-state index in [9.17, 15) is 4.79 Å². The van der Waals surface area contributed by atoms with Crippen LogP contribution in [0.1, 0.15) is 40.2 Å². The van der Waals surface area contributed by atoms with E-state index in [0.717, 1.165) is 11.3 Å². The molecule has 0 bridgehead atoms. The minimum absolute atomic E-state index is 0.0839. The summed E-state index contributed by atoms with van der Waals surface area (Å²) < 4.78 is 11.2. The number of hydrogen-bond acceptors (Lipinski definition) is 6. The topological polar surface area (TPSA) is 77.2 Å². The van der Waals surface area contributed by atoms with Gasteiger partial charge in [0.15, 0.2) is 0 Å². The van der Waals surface area contributed by atoms with Gasteiger partial charge in [-0.1, -0.05) is 44.7 Å². The smallest absolute Gasteiger partial charge is 0.277 e. The van der Waals surface area contributed by atoms with E-state index >= 15 is 0 Å². The van der Waals surface area contributed by atoms with Gasteiger partial charge in [-0.05, 0) is 61.2 Å². The summed E-state index contributed by atoms with van der Waals surface area (Å²) in [7, 11) is 0. The third kappa shape index (κ3) is 5.63. The third-order valence-corrected chi connectivity index (χ3v) is 5.42. The number of amides is 1. The van der Waals surface area contributed by atoms with Crippen molar-refractivity contribution in [1.29, 1.82) is 0 Å². The molecule has 3 aromatic rings. The molecule has 0 saturated heterocycles. The van der Waals surface area contributed by atoms with E-state index in [4.69, 9.17) is 9.15 Å². The number of carbonyl (C=O) groups excluding carboxylic acids is 1. The molecule has 30 heavy (non-hydrogen) atoms. The van der Waals surface area contributed by atoms with Crippen LogP contribution in [-0.2, 0) is 10.2 Å². The molecule has 1 N–H and O–H groups in total. The first kappa shape index (κ1) is 21.9. The number of rotatable bonds is 7. The predicted molar refractivity (Wildman–Crippen MR) is 120 cm³/mol. The summed E-state index contributed by atoms with van der Waals surface area (Å²) in [5.74, 6) is 1.07. The molecule has 1 heterocycles. The molecule has 1 amide bonds. The van der Waals surface area contributed by atoms with E-state index in [1.54, 1.807) is 6.92 Å². The summed E-state index contributed by atoms with van der Waals surface area (Å²) in [4.78, 5) is 12.5. The van der Waals surface area contributed by atoms with Gasteiger partial charge in [-0.3, -0.25) is 4.79 Å². The summed E-state index contributed by atoms with van der Waals surface area (Å²) in [5, 5.41) is 11.0. The van der Waals surface area contributed by atoms with Crippen LogP contribution in [0.15, 0.2) is 58.2 Å². The Hall–Kier alpha value is -2.80. The monoisotopic (exact) mass is 425 g/mol. The second kappa shape index (κ2) is 9.34. The van der Waals surface area contributed by atoms with E-state index in [-0.39, 0.29) is 11.3 Å². The van der Waals surface area contributed by atoms with Crippen molar-refractivity contribution in [2.45, 2.75) is 50.5 Å². The minimum Gasteiger partial charge on any atom is -0.494 e. The van der Waals surface area contributed by atoms with E-state index in [2.05, 4.69) is 48.4 Å². The lowest BCUT2D eigenvalue weighted by Crippen LogP contribution is -2.22. The molecule has 0 spiro atoms. The molecule has 158 valence electrons. The zero-order valence-corrected chi connectivity index (χ0v) is 18.7. The van der Waals surface area contributed by atoms with E-state index in [0.29, 0.717) is 23.4 Å². The lowest BCUT2D eigenvalue weighted by Gasteiger charge is -2.18. The van der Waals surface area contributed by atoms with Gasteiger partial charge in [0, 0.05) is 11.3 Å². The van der Waals surface area contributed by atoms with Gasteiger partial charge >= 0.3 is 0 Å². The molecule has 1 aromatic heterocycles. The third-order valence-electron chi connectivity index (χ3n) is 4.48. The maximum Gasteiger partial charge on any atom is 0.277 e. The fraction of sp³-hybridized carbons (Fsp3) is 0.348. The summed E-state index contributed by atoms with van der Waals surface area (Å²) in [5.41, 5.74) is 2.88. The molecule has 0 aliphatic heterocycles. The van der Waals surface area contributed by atoms with Gasteiger partial charge in [0.1, 0.15) is 5.75 Å². The van der Waals surface area contributed by atoms with Gasteiger partial charge in [0.05, 0.1) is 11.9 Å². The lowest BCUT2D eigenvalue weighted by atomic mass is 9.87. The number of anilines is 1. The first-order valence-corrected chi connectivity index (χ1v) is 10.8. The lowest BCUT2D eigenvalue weighted by molar-refractivity contribution is -0.115. The van der Waals surface area contributed by atoms with E-state index < -0.39 is 5.25 Å². The van der Waals surface area contributed by atoms with Crippen LogP contribution in [-0.4, -0.2) is 28.0 Å². The summed E-state index contributed by atoms with van der Waals surface area (Å²) in [6.07, 6.45) is 0. The number of hydrogen-bond donors (Lipinski definition) is 1. The van der Waals surface area contributed by atoms with Crippen molar-refractivity contribution in [1.82, 2.24) is 10.2 Å². The predicted octanol–water partition coefficient (Wildman–Crippen LogP) is 5.55. The Morgan fingerprint density at radius 3 is 2.37 bits per heavy atom. The van der Waals surface area contributed by atoms with Crippen molar-refractivity contribution in [3.05, 3.63) is 54.1 Å². The van der Waals surface area contributed by atoms with Gasteiger partial charge in [-0.15, -0.1) is 10.2 Å². The van der Waals surface area contributed by atoms with Crippen molar-refractivity contribution < 1.29 is 13.9 Å². The van der Waals surface area contributed by atoms with Crippen LogP contribution in [0.4, 0.5) is 5.69 Å².